The summed E-state index contributed by atoms with van der Waals surface area (Å²) in [5, 5.41) is 14.6. The normalized spacial score (nSPS) is 32.7. The smallest absolute Gasteiger partial charge is 0.153 e. The molecule has 0 radical (unpaired) electrons. The summed E-state index contributed by atoms with van der Waals surface area (Å²) in [7, 11) is 0. The van der Waals surface area contributed by atoms with Crippen LogP contribution in [0.1, 0.15) is 69.7 Å². The SMILES string of the molecule is CCCC1CCC(O)CC1n1cnc(C2CC2)n1. The molecule has 3 atom stereocenters. The van der Waals surface area contributed by atoms with Crippen molar-refractivity contribution in [2.45, 2.75) is 69.9 Å². The van der Waals surface area contributed by atoms with E-state index in [1.807, 2.05) is 11.0 Å². The minimum absolute atomic E-state index is 0.156. The van der Waals surface area contributed by atoms with Crippen molar-refractivity contribution in [3.05, 3.63) is 12.2 Å². The second-order valence-corrected chi connectivity index (χ2v) is 5.94. The molecule has 3 unspecified atom stereocenters. The standard InChI is InChI=1S/C14H23N3O/c1-2-3-10-6-7-12(18)8-13(10)17-9-15-14(16-17)11-4-5-11/h9-13,18H,2-8H2,1H3. The monoisotopic (exact) mass is 249 g/mol. The van der Waals surface area contributed by atoms with Crippen LogP contribution in [0.25, 0.3) is 0 Å². The van der Waals surface area contributed by atoms with Gasteiger partial charge in [-0.05, 0) is 44.4 Å². The van der Waals surface area contributed by atoms with Gasteiger partial charge in [0.05, 0.1) is 12.1 Å². The number of hydrogen-bond acceptors (Lipinski definition) is 3. The van der Waals surface area contributed by atoms with Gasteiger partial charge in [-0.15, -0.1) is 0 Å². The molecular weight excluding hydrogens is 226 g/mol. The summed E-state index contributed by atoms with van der Waals surface area (Å²) in [6.45, 7) is 2.24. The van der Waals surface area contributed by atoms with E-state index >= 15 is 0 Å². The highest BCUT2D eigenvalue weighted by atomic mass is 16.3. The number of aromatic nitrogens is 3. The van der Waals surface area contributed by atoms with Gasteiger partial charge >= 0.3 is 0 Å². The zero-order valence-corrected chi connectivity index (χ0v) is 11.1. The highest BCUT2D eigenvalue weighted by molar-refractivity contribution is 5.03. The lowest BCUT2D eigenvalue weighted by molar-refractivity contribution is 0.0646. The number of aliphatic hydroxyl groups is 1. The lowest BCUT2D eigenvalue weighted by Gasteiger charge is -2.34. The Morgan fingerprint density at radius 1 is 1.33 bits per heavy atom. The first-order valence-corrected chi connectivity index (χ1v) is 7.37. The lowest BCUT2D eigenvalue weighted by atomic mass is 9.80. The first-order chi connectivity index (χ1) is 8.78. The fraction of sp³-hybridized carbons (Fsp3) is 0.857. The van der Waals surface area contributed by atoms with E-state index in [9.17, 15) is 5.11 Å². The molecule has 1 heterocycles. The van der Waals surface area contributed by atoms with Crippen LogP contribution in [0.2, 0.25) is 0 Å². The van der Waals surface area contributed by atoms with E-state index in [1.165, 1.54) is 25.7 Å². The first kappa shape index (κ1) is 12.2. The molecule has 0 aromatic carbocycles. The molecule has 1 aromatic heterocycles. The quantitative estimate of drug-likeness (QED) is 0.892. The molecular formula is C14H23N3O. The van der Waals surface area contributed by atoms with E-state index in [4.69, 9.17) is 0 Å². The largest absolute Gasteiger partial charge is 0.393 e. The van der Waals surface area contributed by atoms with Crippen molar-refractivity contribution >= 4 is 0 Å². The zero-order chi connectivity index (χ0) is 12.5. The van der Waals surface area contributed by atoms with Crippen molar-refractivity contribution < 1.29 is 5.11 Å². The van der Waals surface area contributed by atoms with E-state index in [1.54, 1.807) is 0 Å². The van der Waals surface area contributed by atoms with Gasteiger partial charge in [0, 0.05) is 5.92 Å². The van der Waals surface area contributed by atoms with E-state index < -0.39 is 0 Å². The van der Waals surface area contributed by atoms with Crippen molar-refractivity contribution in [3.8, 4) is 0 Å². The Kier molecular flexibility index (Phi) is 3.37. The number of aliphatic hydroxyl groups excluding tert-OH is 1. The van der Waals surface area contributed by atoms with E-state index in [0.717, 1.165) is 25.1 Å². The maximum absolute atomic E-state index is 9.89. The zero-order valence-electron chi connectivity index (χ0n) is 11.1. The Morgan fingerprint density at radius 3 is 2.89 bits per heavy atom. The summed E-state index contributed by atoms with van der Waals surface area (Å²) in [4.78, 5) is 4.44. The average Bonchev–Trinajstić information content (AvgIpc) is 3.10. The summed E-state index contributed by atoms with van der Waals surface area (Å²) in [6, 6.07) is 0.355. The third kappa shape index (κ3) is 2.44. The van der Waals surface area contributed by atoms with E-state index in [2.05, 4.69) is 17.0 Å². The predicted octanol–water partition coefficient (Wildman–Crippen LogP) is 2.66. The van der Waals surface area contributed by atoms with Crippen molar-refractivity contribution in [1.82, 2.24) is 14.8 Å². The summed E-state index contributed by atoms with van der Waals surface area (Å²) in [6.07, 6.45) is 9.58. The van der Waals surface area contributed by atoms with Gasteiger partial charge in [0.25, 0.3) is 0 Å². The lowest BCUT2D eigenvalue weighted by Crippen LogP contribution is -2.30. The van der Waals surface area contributed by atoms with Gasteiger partial charge in [-0.3, -0.25) is 0 Å². The van der Waals surface area contributed by atoms with Crippen LogP contribution in [0.5, 0.6) is 0 Å². The summed E-state index contributed by atoms with van der Waals surface area (Å²) in [5.41, 5.74) is 0. The second-order valence-electron chi connectivity index (χ2n) is 5.94. The minimum Gasteiger partial charge on any atom is -0.393 e. The van der Waals surface area contributed by atoms with E-state index in [0.29, 0.717) is 17.9 Å². The molecule has 2 fully saturated rings. The molecule has 2 saturated carbocycles. The Morgan fingerprint density at radius 2 is 2.17 bits per heavy atom. The highest BCUT2D eigenvalue weighted by Gasteiger charge is 2.33. The van der Waals surface area contributed by atoms with Crippen molar-refractivity contribution in [2.24, 2.45) is 5.92 Å². The van der Waals surface area contributed by atoms with Gasteiger partial charge in [0.2, 0.25) is 0 Å². The van der Waals surface area contributed by atoms with Gasteiger partial charge in [-0.25, -0.2) is 9.67 Å². The van der Waals surface area contributed by atoms with Gasteiger partial charge in [-0.1, -0.05) is 13.3 Å². The maximum Gasteiger partial charge on any atom is 0.153 e. The Bertz CT molecular complexity index is 399. The highest BCUT2D eigenvalue weighted by Crippen LogP contribution is 2.40. The molecule has 2 aliphatic rings. The van der Waals surface area contributed by atoms with Gasteiger partial charge in [0.1, 0.15) is 6.33 Å². The maximum atomic E-state index is 9.89. The van der Waals surface area contributed by atoms with Gasteiger partial charge in [0.15, 0.2) is 5.82 Å². The number of rotatable bonds is 4. The van der Waals surface area contributed by atoms with Crippen LogP contribution in [-0.2, 0) is 0 Å². The van der Waals surface area contributed by atoms with E-state index in [-0.39, 0.29) is 6.10 Å². The molecule has 4 nitrogen and oxygen atoms in total. The molecule has 0 amide bonds. The van der Waals surface area contributed by atoms with Crippen molar-refractivity contribution in [1.29, 1.82) is 0 Å². The Hall–Kier alpha value is -0.900. The molecule has 100 valence electrons. The van der Waals surface area contributed by atoms with Crippen LogP contribution in [0.4, 0.5) is 0 Å². The summed E-state index contributed by atoms with van der Waals surface area (Å²) >= 11 is 0. The fourth-order valence-corrected chi connectivity index (χ4v) is 3.20. The average molecular weight is 249 g/mol. The van der Waals surface area contributed by atoms with Crippen LogP contribution in [0.3, 0.4) is 0 Å². The second kappa shape index (κ2) is 5.00. The van der Waals surface area contributed by atoms with Crippen molar-refractivity contribution in [2.75, 3.05) is 0 Å². The molecule has 18 heavy (non-hydrogen) atoms. The molecule has 0 bridgehead atoms. The van der Waals surface area contributed by atoms with Gasteiger partial charge in [-0.2, -0.15) is 5.10 Å². The molecule has 4 heteroatoms. The molecule has 1 N–H and O–H groups in total. The summed E-state index contributed by atoms with van der Waals surface area (Å²) in [5.74, 6) is 2.29. The van der Waals surface area contributed by atoms with Crippen LogP contribution < -0.4 is 0 Å². The number of hydrogen-bond donors (Lipinski definition) is 1. The summed E-state index contributed by atoms with van der Waals surface area (Å²) < 4.78 is 2.04. The molecule has 0 aliphatic heterocycles. The van der Waals surface area contributed by atoms with Crippen LogP contribution >= 0.6 is 0 Å². The Labute approximate surface area is 108 Å². The molecule has 0 saturated heterocycles. The third-order valence-electron chi connectivity index (χ3n) is 4.40. The first-order valence-electron chi connectivity index (χ1n) is 7.37. The van der Waals surface area contributed by atoms with Crippen LogP contribution in [0, 0.1) is 5.92 Å². The fourth-order valence-electron chi connectivity index (χ4n) is 3.20. The molecule has 3 rings (SSSR count). The van der Waals surface area contributed by atoms with Gasteiger partial charge < -0.3 is 5.11 Å². The minimum atomic E-state index is -0.156. The van der Waals surface area contributed by atoms with Crippen molar-refractivity contribution in [3.63, 3.8) is 0 Å². The van der Waals surface area contributed by atoms with Crippen LogP contribution in [-0.4, -0.2) is 26.0 Å². The molecule has 1 aromatic rings. The topological polar surface area (TPSA) is 50.9 Å². The van der Waals surface area contributed by atoms with Crippen LogP contribution in [0.15, 0.2) is 6.33 Å². The Balaban J connectivity index is 1.76. The molecule has 0 spiro atoms. The number of nitrogens with zero attached hydrogens (tertiary/aromatic N) is 3. The molecule has 2 aliphatic carbocycles. The third-order valence-corrected chi connectivity index (χ3v) is 4.40. The predicted molar refractivity (Wildman–Crippen MR) is 69.3 cm³/mol.